The van der Waals surface area contributed by atoms with E-state index < -0.39 is 6.10 Å². The number of carbonyl (C=O) groups excluding carboxylic acids is 1. The van der Waals surface area contributed by atoms with E-state index in [1.54, 1.807) is 11.0 Å². The third kappa shape index (κ3) is 4.10. The topological polar surface area (TPSA) is 89.3 Å². The van der Waals surface area contributed by atoms with Gasteiger partial charge in [0.25, 0.3) is 5.91 Å². The summed E-state index contributed by atoms with van der Waals surface area (Å²) < 4.78 is 7.56. The van der Waals surface area contributed by atoms with Crippen LogP contribution < -0.4 is 9.64 Å². The Hall–Kier alpha value is -3.49. The molecular formula is C21H25N7O2. The molecule has 0 bridgehead atoms. The van der Waals surface area contributed by atoms with Gasteiger partial charge in [0.1, 0.15) is 30.5 Å². The summed E-state index contributed by atoms with van der Waals surface area (Å²) in [6, 6.07) is 7.77. The summed E-state index contributed by atoms with van der Waals surface area (Å²) in [6.07, 6.45) is 4.05. The number of nitrogens with zero attached hydrogens (tertiary/aromatic N) is 7. The Balaban J connectivity index is 1.37. The standard InChI is InChI=1S/C21H25N7O2/c1-15-5-4-6-18(16(15)2)30-17(3)21(29)27-9-7-26(8-10-27)19-11-20(24-13-23-19)28-14-22-12-25-28/h4-6,11-14,17H,7-10H2,1-3H3. The summed E-state index contributed by atoms with van der Waals surface area (Å²) >= 11 is 0. The zero-order valence-electron chi connectivity index (χ0n) is 17.4. The van der Waals surface area contributed by atoms with E-state index in [-0.39, 0.29) is 5.91 Å². The third-order valence-corrected chi connectivity index (χ3v) is 5.41. The molecule has 3 aromatic rings. The number of aryl methyl sites for hydroxylation is 1. The molecule has 1 saturated heterocycles. The van der Waals surface area contributed by atoms with Crippen LogP contribution in [0.4, 0.5) is 5.82 Å². The van der Waals surface area contributed by atoms with E-state index in [1.165, 1.54) is 12.7 Å². The lowest BCUT2D eigenvalue weighted by molar-refractivity contribution is -0.138. The minimum atomic E-state index is -0.532. The molecule has 3 heterocycles. The summed E-state index contributed by atoms with van der Waals surface area (Å²) in [5.41, 5.74) is 2.21. The normalized spacial score (nSPS) is 15.2. The highest BCUT2D eigenvalue weighted by Gasteiger charge is 2.27. The van der Waals surface area contributed by atoms with Gasteiger partial charge in [-0.2, -0.15) is 5.10 Å². The molecule has 1 unspecified atom stereocenters. The van der Waals surface area contributed by atoms with Gasteiger partial charge in [0.05, 0.1) is 0 Å². The highest BCUT2D eigenvalue weighted by Crippen LogP contribution is 2.22. The molecule has 0 radical (unpaired) electrons. The Kier molecular flexibility index (Phi) is 5.60. The predicted molar refractivity (Wildman–Crippen MR) is 112 cm³/mol. The van der Waals surface area contributed by atoms with Crippen LogP contribution in [-0.4, -0.2) is 67.8 Å². The van der Waals surface area contributed by atoms with E-state index in [1.807, 2.05) is 49.9 Å². The van der Waals surface area contributed by atoms with Crippen LogP contribution in [0.2, 0.25) is 0 Å². The van der Waals surface area contributed by atoms with Crippen molar-refractivity contribution >= 4 is 11.7 Å². The Morgan fingerprint density at radius 3 is 2.57 bits per heavy atom. The van der Waals surface area contributed by atoms with Crippen LogP contribution in [0.3, 0.4) is 0 Å². The lowest BCUT2D eigenvalue weighted by Gasteiger charge is -2.36. The molecule has 0 aliphatic carbocycles. The molecule has 30 heavy (non-hydrogen) atoms. The Labute approximate surface area is 175 Å². The molecule has 1 aliphatic heterocycles. The second-order valence-electron chi connectivity index (χ2n) is 7.34. The first-order valence-electron chi connectivity index (χ1n) is 9.96. The number of benzene rings is 1. The van der Waals surface area contributed by atoms with Crippen LogP contribution >= 0.6 is 0 Å². The molecular weight excluding hydrogens is 382 g/mol. The van der Waals surface area contributed by atoms with Gasteiger partial charge >= 0.3 is 0 Å². The minimum absolute atomic E-state index is 0.00143. The van der Waals surface area contributed by atoms with Gasteiger partial charge in [0, 0.05) is 32.2 Å². The molecule has 1 amide bonds. The van der Waals surface area contributed by atoms with E-state index in [0.29, 0.717) is 32.0 Å². The maximum Gasteiger partial charge on any atom is 0.263 e. The van der Waals surface area contributed by atoms with E-state index in [4.69, 9.17) is 4.74 Å². The van der Waals surface area contributed by atoms with Crippen molar-refractivity contribution in [2.75, 3.05) is 31.1 Å². The molecule has 156 valence electrons. The lowest BCUT2D eigenvalue weighted by Crippen LogP contribution is -2.52. The van der Waals surface area contributed by atoms with E-state index >= 15 is 0 Å². The highest BCUT2D eigenvalue weighted by atomic mass is 16.5. The molecule has 0 saturated carbocycles. The molecule has 2 aromatic heterocycles. The van der Waals surface area contributed by atoms with Gasteiger partial charge in [-0.1, -0.05) is 12.1 Å². The van der Waals surface area contributed by atoms with Crippen LogP contribution in [0.15, 0.2) is 43.2 Å². The molecule has 0 N–H and O–H groups in total. The zero-order valence-corrected chi connectivity index (χ0v) is 17.4. The molecule has 1 atom stereocenters. The SMILES string of the molecule is Cc1cccc(OC(C)C(=O)N2CCN(c3cc(-n4cncn4)ncn3)CC2)c1C. The number of hydrogen-bond donors (Lipinski definition) is 0. The van der Waals surface area contributed by atoms with Crippen LogP contribution in [0.5, 0.6) is 5.75 Å². The molecule has 9 nitrogen and oxygen atoms in total. The smallest absolute Gasteiger partial charge is 0.263 e. The number of aromatic nitrogens is 5. The van der Waals surface area contributed by atoms with Gasteiger partial charge < -0.3 is 14.5 Å². The number of hydrogen-bond acceptors (Lipinski definition) is 7. The van der Waals surface area contributed by atoms with Crippen molar-refractivity contribution in [1.82, 2.24) is 29.6 Å². The number of ether oxygens (including phenoxy) is 1. The Bertz CT molecular complexity index is 1010. The van der Waals surface area contributed by atoms with Crippen molar-refractivity contribution < 1.29 is 9.53 Å². The first-order valence-corrected chi connectivity index (χ1v) is 9.96. The predicted octanol–water partition coefficient (Wildman–Crippen LogP) is 1.79. The largest absolute Gasteiger partial charge is 0.481 e. The van der Waals surface area contributed by atoms with Gasteiger partial charge in [-0.15, -0.1) is 0 Å². The average Bonchev–Trinajstić information content (AvgIpc) is 3.32. The van der Waals surface area contributed by atoms with Crippen molar-refractivity contribution in [3.63, 3.8) is 0 Å². The van der Waals surface area contributed by atoms with Crippen molar-refractivity contribution in [3.05, 3.63) is 54.4 Å². The lowest BCUT2D eigenvalue weighted by atomic mass is 10.1. The third-order valence-electron chi connectivity index (χ3n) is 5.41. The first kappa shape index (κ1) is 19.8. The van der Waals surface area contributed by atoms with Crippen molar-refractivity contribution in [2.45, 2.75) is 26.9 Å². The van der Waals surface area contributed by atoms with Gasteiger partial charge in [-0.3, -0.25) is 4.79 Å². The van der Waals surface area contributed by atoms with Gasteiger partial charge in [-0.25, -0.2) is 19.6 Å². The maximum atomic E-state index is 12.9. The van der Waals surface area contributed by atoms with Crippen molar-refractivity contribution in [1.29, 1.82) is 0 Å². The van der Waals surface area contributed by atoms with Crippen LogP contribution in [0.1, 0.15) is 18.1 Å². The second-order valence-corrected chi connectivity index (χ2v) is 7.34. The van der Waals surface area contributed by atoms with Crippen molar-refractivity contribution in [2.24, 2.45) is 0 Å². The van der Waals surface area contributed by atoms with E-state index in [9.17, 15) is 4.79 Å². The van der Waals surface area contributed by atoms with Gasteiger partial charge in [-0.05, 0) is 38.0 Å². The monoisotopic (exact) mass is 407 g/mol. The fourth-order valence-electron chi connectivity index (χ4n) is 3.47. The fourth-order valence-corrected chi connectivity index (χ4v) is 3.47. The fraction of sp³-hybridized carbons (Fsp3) is 0.381. The number of anilines is 1. The van der Waals surface area contributed by atoms with Gasteiger partial charge in [0.15, 0.2) is 11.9 Å². The summed E-state index contributed by atoms with van der Waals surface area (Å²) in [7, 11) is 0. The molecule has 1 fully saturated rings. The molecule has 1 aliphatic rings. The van der Waals surface area contributed by atoms with Crippen LogP contribution in [-0.2, 0) is 4.79 Å². The van der Waals surface area contributed by atoms with E-state index in [2.05, 4.69) is 25.0 Å². The average molecular weight is 407 g/mol. The Morgan fingerprint density at radius 1 is 1.07 bits per heavy atom. The molecule has 1 aromatic carbocycles. The Morgan fingerprint density at radius 2 is 1.83 bits per heavy atom. The molecule has 0 spiro atoms. The minimum Gasteiger partial charge on any atom is -0.481 e. The molecule has 9 heteroatoms. The number of carbonyl (C=O) groups is 1. The number of amides is 1. The van der Waals surface area contributed by atoms with Crippen LogP contribution in [0.25, 0.3) is 5.82 Å². The number of piperazine rings is 1. The van der Waals surface area contributed by atoms with Gasteiger partial charge in [0.2, 0.25) is 0 Å². The number of rotatable bonds is 5. The van der Waals surface area contributed by atoms with Crippen molar-refractivity contribution in [3.8, 4) is 11.6 Å². The van der Waals surface area contributed by atoms with E-state index in [0.717, 1.165) is 22.7 Å². The summed E-state index contributed by atoms with van der Waals surface area (Å²) in [5.74, 6) is 2.23. The van der Waals surface area contributed by atoms with Crippen LogP contribution in [0, 0.1) is 13.8 Å². The first-order chi connectivity index (χ1) is 14.5. The zero-order chi connectivity index (χ0) is 21.1. The summed E-state index contributed by atoms with van der Waals surface area (Å²) in [4.78, 5) is 29.4. The summed E-state index contributed by atoms with van der Waals surface area (Å²) in [5, 5.41) is 4.10. The second kappa shape index (κ2) is 8.48. The summed E-state index contributed by atoms with van der Waals surface area (Å²) in [6.45, 7) is 8.46. The molecule has 4 rings (SSSR count). The highest BCUT2D eigenvalue weighted by molar-refractivity contribution is 5.81. The quantitative estimate of drug-likeness (QED) is 0.637. The maximum absolute atomic E-state index is 12.9.